The number of hydrogen-bond acceptors (Lipinski definition) is 21. The van der Waals surface area contributed by atoms with Crippen LogP contribution in [-0.4, -0.2) is 221 Å². The van der Waals surface area contributed by atoms with Gasteiger partial charge in [0.05, 0.1) is 26.4 Å². The molecule has 0 spiro atoms. The minimum Gasteiger partial charge on any atom is -0.394 e. The number of carbonyl (C=O) groups is 1. The molecule has 4 heterocycles. The van der Waals surface area contributed by atoms with Crippen LogP contribution >= 0.6 is 0 Å². The van der Waals surface area contributed by atoms with E-state index in [1.165, 1.54) is 0 Å². The Morgan fingerprint density at radius 1 is 0.500 bits per heavy atom. The number of aliphatic hydroxyl groups is 13. The standard InChI is InChI=1S/C26H45NO21/c1-6(32)27-11-14(35)20(9(4-30)42-23(11)41)47-26-22(16(37)13(34)8(3-29)44-26)48-25-19(40)17(38)21(10(5-31)45-25)46-24-18(39)15(36)12(33)7(2-28)43-24/h7-26,28-31,33-41H,2-5H2,1H3,(H,27,32)/t7-,8-,9-,10-,11-,12+,13+,14-,15+,16+,17-,18-,19-,20-,21+,22-,23?,24+,25+,26+/m1/s1. The lowest BCUT2D eigenvalue weighted by atomic mass is 9.95. The maximum Gasteiger partial charge on any atom is 0.217 e. The van der Waals surface area contributed by atoms with E-state index in [1.54, 1.807) is 0 Å². The largest absolute Gasteiger partial charge is 0.394 e. The van der Waals surface area contributed by atoms with Crippen LogP contribution < -0.4 is 5.32 Å². The molecule has 1 amide bonds. The zero-order chi connectivity index (χ0) is 35.6. The van der Waals surface area contributed by atoms with Gasteiger partial charge in [-0.25, -0.2) is 0 Å². The van der Waals surface area contributed by atoms with Gasteiger partial charge in [-0.3, -0.25) is 4.79 Å². The minimum absolute atomic E-state index is 0.675. The number of hydrogen-bond donors (Lipinski definition) is 14. The summed E-state index contributed by atoms with van der Waals surface area (Å²) >= 11 is 0. The minimum atomic E-state index is -2.09. The summed E-state index contributed by atoms with van der Waals surface area (Å²) in [6.07, 6.45) is -33.8. The third kappa shape index (κ3) is 8.08. The van der Waals surface area contributed by atoms with Crippen molar-refractivity contribution in [3.05, 3.63) is 0 Å². The Balaban J connectivity index is 1.54. The lowest BCUT2D eigenvalue weighted by molar-refractivity contribution is -0.393. The van der Waals surface area contributed by atoms with E-state index in [4.69, 9.17) is 33.2 Å². The molecule has 0 bridgehead atoms. The molecule has 0 aromatic heterocycles. The molecule has 4 fully saturated rings. The first-order valence-corrected chi connectivity index (χ1v) is 15.1. The van der Waals surface area contributed by atoms with Gasteiger partial charge in [0.2, 0.25) is 5.91 Å². The Morgan fingerprint density at radius 2 is 0.896 bits per heavy atom. The molecular weight excluding hydrogens is 662 g/mol. The molecule has 0 saturated carbocycles. The van der Waals surface area contributed by atoms with E-state index in [0.717, 1.165) is 6.92 Å². The first-order chi connectivity index (χ1) is 22.7. The van der Waals surface area contributed by atoms with Gasteiger partial charge in [0.15, 0.2) is 25.2 Å². The van der Waals surface area contributed by atoms with Crippen molar-refractivity contribution in [3.8, 4) is 0 Å². The van der Waals surface area contributed by atoms with Crippen LogP contribution in [0.15, 0.2) is 0 Å². The van der Waals surface area contributed by atoms with Gasteiger partial charge < -0.3 is 105 Å². The molecule has 4 aliphatic rings. The fourth-order valence-corrected chi connectivity index (χ4v) is 5.93. The summed E-state index contributed by atoms with van der Waals surface area (Å²) in [6, 6.07) is -1.48. The Kier molecular flexibility index (Phi) is 13.8. The molecule has 14 N–H and O–H groups in total. The molecule has 0 radical (unpaired) electrons. The van der Waals surface area contributed by atoms with Crippen molar-refractivity contribution in [2.24, 2.45) is 0 Å². The van der Waals surface area contributed by atoms with Gasteiger partial charge >= 0.3 is 0 Å². The molecule has 0 aromatic carbocycles. The normalized spacial score (nSPS) is 50.2. The summed E-state index contributed by atoms with van der Waals surface area (Å²) in [7, 11) is 0. The maximum atomic E-state index is 11.7. The number of carbonyl (C=O) groups excluding carboxylic acids is 1. The van der Waals surface area contributed by atoms with Crippen LogP contribution in [0, 0.1) is 0 Å². The van der Waals surface area contributed by atoms with Crippen LogP contribution in [0.5, 0.6) is 0 Å². The van der Waals surface area contributed by atoms with Gasteiger partial charge in [-0.15, -0.1) is 0 Å². The number of ether oxygens (including phenoxy) is 7. The molecule has 22 nitrogen and oxygen atoms in total. The Bertz CT molecular complexity index is 1030. The lowest BCUT2D eigenvalue weighted by Gasteiger charge is -2.49. The molecule has 0 aromatic rings. The highest BCUT2D eigenvalue weighted by molar-refractivity contribution is 5.73. The lowest BCUT2D eigenvalue weighted by Crippen LogP contribution is -2.68. The van der Waals surface area contributed by atoms with E-state index in [2.05, 4.69) is 5.32 Å². The molecule has 280 valence electrons. The summed E-state index contributed by atoms with van der Waals surface area (Å²) in [5, 5.41) is 136. The number of rotatable bonds is 11. The molecule has 22 heteroatoms. The van der Waals surface area contributed by atoms with E-state index in [9.17, 15) is 71.2 Å². The van der Waals surface area contributed by atoms with Crippen LogP contribution in [0.1, 0.15) is 6.92 Å². The van der Waals surface area contributed by atoms with E-state index in [0.29, 0.717) is 0 Å². The Morgan fingerprint density at radius 3 is 1.44 bits per heavy atom. The topological polar surface area (TPSA) is 357 Å². The number of aliphatic hydroxyl groups excluding tert-OH is 13. The van der Waals surface area contributed by atoms with E-state index in [1.807, 2.05) is 0 Å². The van der Waals surface area contributed by atoms with Crippen LogP contribution in [0.2, 0.25) is 0 Å². The third-order valence-corrected chi connectivity index (χ3v) is 8.61. The van der Waals surface area contributed by atoms with Crippen molar-refractivity contribution in [1.82, 2.24) is 5.32 Å². The van der Waals surface area contributed by atoms with Crippen molar-refractivity contribution >= 4 is 5.91 Å². The highest BCUT2D eigenvalue weighted by Gasteiger charge is 2.55. The summed E-state index contributed by atoms with van der Waals surface area (Å²) in [4.78, 5) is 11.7. The predicted octanol–water partition coefficient (Wildman–Crippen LogP) is -9.61. The van der Waals surface area contributed by atoms with E-state index in [-0.39, 0.29) is 0 Å². The summed E-state index contributed by atoms with van der Waals surface area (Å²) in [5.41, 5.74) is 0. The molecule has 4 saturated heterocycles. The van der Waals surface area contributed by atoms with Crippen molar-refractivity contribution in [1.29, 1.82) is 0 Å². The zero-order valence-electron chi connectivity index (χ0n) is 25.5. The monoisotopic (exact) mass is 707 g/mol. The molecule has 0 aliphatic carbocycles. The number of amides is 1. The SMILES string of the molecule is CC(=O)N[C@H]1C(O)O[C@H](CO)[C@@H](O[C@@H]2O[C@H](CO)[C@H](O)[C@H](O)[C@H]2O[C@@H]2O[C@H](CO)[C@H](O[C@@H]3O[C@H](CO)[C@H](O)[C@H](O)[C@H]3O)[C@H](O)[C@H]2O)[C@@H]1O. The fraction of sp³-hybridized carbons (Fsp3) is 0.962. The summed E-state index contributed by atoms with van der Waals surface area (Å²) < 4.78 is 38.6. The molecule has 4 rings (SSSR count). The van der Waals surface area contributed by atoms with Crippen LogP contribution in [-0.2, 0) is 38.0 Å². The molecule has 48 heavy (non-hydrogen) atoms. The average molecular weight is 708 g/mol. The van der Waals surface area contributed by atoms with E-state index < -0.39 is 155 Å². The fourth-order valence-electron chi connectivity index (χ4n) is 5.93. The van der Waals surface area contributed by atoms with Crippen LogP contribution in [0.4, 0.5) is 0 Å². The first-order valence-electron chi connectivity index (χ1n) is 15.1. The Labute approximate surface area is 272 Å². The quantitative estimate of drug-likeness (QED) is 0.0947. The second kappa shape index (κ2) is 16.8. The van der Waals surface area contributed by atoms with Crippen molar-refractivity contribution in [2.75, 3.05) is 26.4 Å². The highest BCUT2D eigenvalue weighted by Crippen LogP contribution is 2.34. The molecule has 20 atom stereocenters. The number of nitrogens with one attached hydrogen (secondary N) is 1. The van der Waals surface area contributed by atoms with Gasteiger partial charge in [0.1, 0.15) is 97.6 Å². The van der Waals surface area contributed by atoms with Crippen molar-refractivity contribution in [3.63, 3.8) is 0 Å². The smallest absolute Gasteiger partial charge is 0.217 e. The van der Waals surface area contributed by atoms with Gasteiger partial charge in [-0.1, -0.05) is 0 Å². The molecule has 4 aliphatic heterocycles. The highest BCUT2D eigenvalue weighted by atomic mass is 16.8. The second-order valence-electron chi connectivity index (χ2n) is 11.9. The van der Waals surface area contributed by atoms with Crippen LogP contribution in [0.3, 0.4) is 0 Å². The summed E-state index contributed by atoms with van der Waals surface area (Å²) in [6.45, 7) is -2.35. The zero-order valence-corrected chi connectivity index (χ0v) is 25.5. The molecule has 1 unspecified atom stereocenters. The first kappa shape index (κ1) is 39.5. The van der Waals surface area contributed by atoms with E-state index >= 15 is 0 Å². The van der Waals surface area contributed by atoms with Crippen molar-refractivity contribution in [2.45, 2.75) is 130 Å². The average Bonchev–Trinajstić information content (AvgIpc) is 3.06. The Hall–Kier alpha value is -1.33. The predicted molar refractivity (Wildman–Crippen MR) is 145 cm³/mol. The molecular formula is C26H45NO21. The van der Waals surface area contributed by atoms with Gasteiger partial charge in [0.25, 0.3) is 0 Å². The van der Waals surface area contributed by atoms with Gasteiger partial charge in [-0.05, 0) is 0 Å². The second-order valence-corrected chi connectivity index (χ2v) is 11.9. The maximum absolute atomic E-state index is 11.7. The van der Waals surface area contributed by atoms with Gasteiger partial charge in [0, 0.05) is 6.92 Å². The summed E-state index contributed by atoms with van der Waals surface area (Å²) in [5.74, 6) is -0.675. The van der Waals surface area contributed by atoms with Crippen LogP contribution in [0.25, 0.3) is 0 Å². The third-order valence-electron chi connectivity index (χ3n) is 8.61. The van der Waals surface area contributed by atoms with Gasteiger partial charge in [-0.2, -0.15) is 0 Å². The van der Waals surface area contributed by atoms with Crippen molar-refractivity contribution < 1.29 is 104 Å².